The van der Waals surface area contributed by atoms with Gasteiger partial charge in [-0.2, -0.15) is 0 Å². The number of esters is 1. The summed E-state index contributed by atoms with van der Waals surface area (Å²) < 4.78 is 4.81. The maximum absolute atomic E-state index is 12.7. The smallest absolute Gasteiger partial charge is 0.360 e. The average Bonchev–Trinajstić information content (AvgIpc) is 2.65. The first kappa shape index (κ1) is 18.8. The summed E-state index contributed by atoms with van der Waals surface area (Å²) >= 11 is 0. The third kappa shape index (κ3) is 3.45. The molecule has 0 radical (unpaired) electrons. The van der Waals surface area contributed by atoms with Crippen molar-refractivity contribution in [2.75, 3.05) is 0 Å². The highest BCUT2D eigenvalue weighted by Gasteiger charge is 2.59. The lowest BCUT2D eigenvalue weighted by atomic mass is 9.87. The lowest BCUT2D eigenvalue weighted by Crippen LogP contribution is -2.61. The first-order valence-electron chi connectivity index (χ1n) is 7.33. The molecule has 8 heteroatoms. The molecule has 0 amide bonds. The molecule has 136 valence electrons. The van der Waals surface area contributed by atoms with E-state index in [1.807, 2.05) is 0 Å². The van der Waals surface area contributed by atoms with Gasteiger partial charge in [0.1, 0.15) is 0 Å². The van der Waals surface area contributed by atoms with Gasteiger partial charge in [-0.1, -0.05) is 48.5 Å². The van der Waals surface area contributed by atoms with E-state index in [4.69, 9.17) is 9.84 Å². The number of hydrogen-bond donors (Lipinski definition) is 3. The van der Waals surface area contributed by atoms with Crippen LogP contribution in [0.5, 0.6) is 0 Å². The van der Waals surface area contributed by atoms with Crippen LogP contribution in [0.25, 0.3) is 0 Å². The largest absolute Gasteiger partial charge is 0.479 e. The molecule has 2 rings (SSSR count). The number of aliphatic hydroxyl groups is 1. The fourth-order valence-electron chi connectivity index (χ4n) is 2.24. The first-order chi connectivity index (χ1) is 12.3. The van der Waals surface area contributed by atoms with E-state index >= 15 is 0 Å². The van der Waals surface area contributed by atoms with Crippen molar-refractivity contribution < 1.29 is 40.7 Å². The highest BCUT2D eigenvalue weighted by molar-refractivity contribution is 6.19. The van der Waals surface area contributed by atoms with Crippen LogP contribution in [-0.2, 0) is 14.3 Å². The molecular formula is C18H16O8. The number of hydrogen-bond acceptors (Lipinski definition) is 6. The molecule has 2 aromatic carbocycles. The number of carboxylic acids is 2. The molecule has 0 spiro atoms. The predicted octanol–water partition coefficient (Wildman–Crippen LogP) is 1.24. The predicted molar refractivity (Wildman–Crippen MR) is 88.8 cm³/mol. The van der Waals surface area contributed by atoms with Crippen molar-refractivity contribution >= 4 is 23.7 Å². The Morgan fingerprint density at radius 3 is 1.73 bits per heavy atom. The van der Waals surface area contributed by atoms with Gasteiger partial charge in [0.15, 0.2) is 0 Å². The maximum Gasteiger partial charge on any atom is 0.360 e. The lowest BCUT2D eigenvalue weighted by Gasteiger charge is -2.30. The van der Waals surface area contributed by atoms with E-state index < -0.39 is 35.4 Å². The van der Waals surface area contributed by atoms with Crippen LogP contribution >= 0.6 is 0 Å². The van der Waals surface area contributed by atoms with Crippen molar-refractivity contribution in [2.24, 2.45) is 0 Å². The molecule has 0 heterocycles. The van der Waals surface area contributed by atoms with Gasteiger partial charge in [0, 0.05) is 6.99 Å². The van der Waals surface area contributed by atoms with Crippen LogP contribution in [0.3, 0.4) is 0 Å². The summed E-state index contributed by atoms with van der Waals surface area (Å²) in [7, 11) is 0. The number of Topliss-reactive ketones (excluding diaryl/α,β-unsaturated/α-hetero) is 1. The average molecular weight is 360 g/mol. The fourth-order valence-corrected chi connectivity index (χ4v) is 2.24. The van der Waals surface area contributed by atoms with Crippen molar-refractivity contribution in [2.45, 2.75) is 11.7 Å². The zero-order valence-corrected chi connectivity index (χ0v) is 13.2. The zero-order valence-electron chi connectivity index (χ0n) is 13.2. The summed E-state index contributed by atoms with van der Waals surface area (Å²) in [5, 5.41) is 28.6. The second kappa shape index (κ2) is 7.58. The molecule has 26 heavy (non-hydrogen) atoms. The number of aliphatic hydroxyl groups excluding tert-OH is 1. The van der Waals surface area contributed by atoms with Crippen LogP contribution in [0.4, 0.5) is 0 Å². The van der Waals surface area contributed by atoms with Crippen molar-refractivity contribution in [3.63, 3.8) is 0 Å². The van der Waals surface area contributed by atoms with Crippen LogP contribution < -0.4 is 0 Å². The molecule has 2 unspecified atom stereocenters. The minimum Gasteiger partial charge on any atom is -0.479 e. The van der Waals surface area contributed by atoms with E-state index in [0.717, 1.165) is 0 Å². The van der Waals surface area contributed by atoms with Gasteiger partial charge in [-0.25, -0.2) is 14.4 Å². The molecule has 2 atom stereocenters. The number of benzene rings is 2. The minimum absolute atomic E-state index is 0. The summed E-state index contributed by atoms with van der Waals surface area (Å²) in [6, 6.07) is 13.9. The summed E-state index contributed by atoms with van der Waals surface area (Å²) in [6.07, 6.45) is -2.82. The molecular weight excluding hydrogens is 344 g/mol. The summed E-state index contributed by atoms with van der Waals surface area (Å²) in [5.41, 5.74) is -3.70. The van der Waals surface area contributed by atoms with Gasteiger partial charge in [-0.15, -0.1) is 0 Å². The summed E-state index contributed by atoms with van der Waals surface area (Å²) in [5.74, 6) is -6.77. The Morgan fingerprint density at radius 1 is 0.846 bits per heavy atom. The van der Waals surface area contributed by atoms with Gasteiger partial charge in [-0.3, -0.25) is 4.79 Å². The van der Waals surface area contributed by atoms with Crippen LogP contribution in [0, 0.1) is 0 Å². The van der Waals surface area contributed by atoms with Crippen LogP contribution in [0.1, 0.15) is 22.1 Å². The van der Waals surface area contributed by atoms with Gasteiger partial charge in [0.05, 0.1) is 5.56 Å². The SMILES string of the molecule is O=C(OC(C(=O)O)(C(=O)c1ccccc1)C(O)C(=O)O)c1ccccc1.[HH]. The Kier molecular flexibility index (Phi) is 5.48. The van der Waals surface area contributed by atoms with Crippen LogP contribution in [0.15, 0.2) is 60.7 Å². The molecule has 0 saturated heterocycles. The highest BCUT2D eigenvalue weighted by Crippen LogP contribution is 2.25. The Balaban J connectivity index is 0.00000364. The molecule has 0 saturated carbocycles. The highest BCUT2D eigenvalue weighted by atomic mass is 16.6. The van der Waals surface area contributed by atoms with E-state index in [1.165, 1.54) is 48.5 Å². The molecule has 0 bridgehead atoms. The third-order valence-corrected chi connectivity index (χ3v) is 3.57. The van der Waals surface area contributed by atoms with Gasteiger partial charge in [0.2, 0.25) is 11.9 Å². The number of rotatable bonds is 7. The van der Waals surface area contributed by atoms with E-state index in [0.29, 0.717) is 0 Å². The molecule has 0 aliphatic rings. The topological polar surface area (TPSA) is 138 Å². The zero-order chi connectivity index (χ0) is 19.3. The molecule has 0 fully saturated rings. The third-order valence-electron chi connectivity index (χ3n) is 3.57. The summed E-state index contributed by atoms with van der Waals surface area (Å²) in [6.45, 7) is 0. The van der Waals surface area contributed by atoms with Gasteiger partial charge in [0.25, 0.3) is 0 Å². The molecule has 3 N–H and O–H groups in total. The standard InChI is InChI=1S/C18H14O8.H2/c19-13(11-7-3-1-4-8-11)18(17(24)25,14(20)15(21)22)26-16(23)12-9-5-2-6-10-12;/h1-10,14,20H,(H,21,22)(H,24,25);1H. The summed E-state index contributed by atoms with van der Waals surface area (Å²) in [4.78, 5) is 48.1. The Labute approximate surface area is 148 Å². The van der Waals surface area contributed by atoms with E-state index in [1.54, 1.807) is 12.1 Å². The monoisotopic (exact) mass is 360 g/mol. The van der Waals surface area contributed by atoms with E-state index in [2.05, 4.69) is 0 Å². The first-order valence-corrected chi connectivity index (χ1v) is 7.33. The minimum atomic E-state index is -3.35. The Hall–Kier alpha value is -3.52. The maximum atomic E-state index is 12.7. The molecule has 2 aromatic rings. The Bertz CT molecular complexity index is 837. The number of aliphatic carboxylic acids is 2. The number of carboxylic acid groups (broad SMARTS) is 2. The lowest BCUT2D eigenvalue weighted by molar-refractivity contribution is -0.176. The number of ketones is 1. The fraction of sp³-hybridized carbons (Fsp3) is 0.111. The van der Waals surface area contributed by atoms with Crippen LogP contribution in [-0.4, -0.2) is 50.7 Å². The number of ether oxygens (including phenoxy) is 1. The Morgan fingerprint density at radius 2 is 1.31 bits per heavy atom. The van der Waals surface area contributed by atoms with Crippen molar-refractivity contribution in [1.29, 1.82) is 0 Å². The molecule has 0 aliphatic carbocycles. The molecule has 0 aromatic heterocycles. The van der Waals surface area contributed by atoms with Crippen molar-refractivity contribution in [1.82, 2.24) is 0 Å². The number of carbonyl (C=O) groups excluding carboxylic acids is 2. The van der Waals surface area contributed by atoms with Crippen molar-refractivity contribution in [3.05, 3.63) is 71.8 Å². The van der Waals surface area contributed by atoms with Gasteiger partial charge >= 0.3 is 23.5 Å². The van der Waals surface area contributed by atoms with E-state index in [9.17, 15) is 29.4 Å². The van der Waals surface area contributed by atoms with Gasteiger partial charge in [-0.05, 0) is 12.1 Å². The van der Waals surface area contributed by atoms with Crippen LogP contribution in [0.2, 0.25) is 0 Å². The second-order valence-electron chi connectivity index (χ2n) is 5.23. The molecule has 0 aliphatic heterocycles. The van der Waals surface area contributed by atoms with E-state index in [-0.39, 0.29) is 12.6 Å². The quantitative estimate of drug-likeness (QED) is 0.381. The normalized spacial score (nSPS) is 13.9. The van der Waals surface area contributed by atoms with Crippen molar-refractivity contribution in [3.8, 4) is 0 Å². The molecule has 8 nitrogen and oxygen atoms in total. The number of carbonyl (C=O) groups is 4. The van der Waals surface area contributed by atoms with Gasteiger partial charge < -0.3 is 20.1 Å². The second-order valence-corrected chi connectivity index (χ2v) is 5.23.